The molecular weight excluding hydrogens is 294 g/mol. The van der Waals surface area contributed by atoms with Crippen LogP contribution in [0.2, 0.25) is 0 Å². The number of aryl methyl sites for hydroxylation is 2. The van der Waals surface area contributed by atoms with Crippen molar-refractivity contribution in [3.63, 3.8) is 0 Å². The van der Waals surface area contributed by atoms with Gasteiger partial charge in [0, 0.05) is 19.2 Å². The van der Waals surface area contributed by atoms with E-state index in [4.69, 9.17) is 0 Å². The van der Waals surface area contributed by atoms with Crippen molar-refractivity contribution in [2.75, 3.05) is 18.4 Å². The van der Waals surface area contributed by atoms with Crippen LogP contribution in [0, 0.1) is 6.92 Å². The highest BCUT2D eigenvalue weighted by Gasteiger charge is 2.25. The average Bonchev–Trinajstić information content (AvgIpc) is 3.11. The molecule has 1 atom stereocenters. The van der Waals surface area contributed by atoms with Gasteiger partial charge in [-0.15, -0.1) is 0 Å². The van der Waals surface area contributed by atoms with Gasteiger partial charge in [-0.2, -0.15) is 10.2 Å². The maximum absolute atomic E-state index is 12.4. The lowest BCUT2D eigenvalue weighted by molar-refractivity contribution is -0.118. The highest BCUT2D eigenvalue weighted by Crippen LogP contribution is 2.18. The molecule has 8 heteroatoms. The average molecular weight is 317 g/mol. The van der Waals surface area contributed by atoms with E-state index in [0.717, 1.165) is 37.4 Å². The lowest BCUT2D eigenvalue weighted by Crippen LogP contribution is -2.46. The van der Waals surface area contributed by atoms with Crippen LogP contribution < -0.4 is 5.32 Å². The molecule has 2 aromatic heterocycles. The summed E-state index contributed by atoms with van der Waals surface area (Å²) in [6, 6.07) is 2.20. The van der Waals surface area contributed by atoms with E-state index in [2.05, 4.69) is 25.4 Å². The van der Waals surface area contributed by atoms with Gasteiger partial charge in [0.2, 0.25) is 5.91 Å². The number of hydrogen-bond acceptors (Lipinski definition) is 5. The predicted molar refractivity (Wildman–Crippen MR) is 85.8 cm³/mol. The Morgan fingerprint density at radius 1 is 1.43 bits per heavy atom. The molecule has 0 aliphatic carbocycles. The van der Waals surface area contributed by atoms with E-state index >= 15 is 0 Å². The highest BCUT2D eigenvalue weighted by molar-refractivity contribution is 5.91. The van der Waals surface area contributed by atoms with E-state index < -0.39 is 0 Å². The first kappa shape index (κ1) is 15.7. The van der Waals surface area contributed by atoms with E-state index in [0.29, 0.717) is 12.6 Å². The number of rotatable bonds is 5. The van der Waals surface area contributed by atoms with Crippen molar-refractivity contribution in [1.82, 2.24) is 29.4 Å². The summed E-state index contributed by atoms with van der Waals surface area (Å²) in [5, 5.41) is 11.4. The monoisotopic (exact) mass is 317 g/mol. The topological polar surface area (TPSA) is 80.9 Å². The summed E-state index contributed by atoms with van der Waals surface area (Å²) in [5.74, 6) is 0.732. The van der Waals surface area contributed by atoms with E-state index in [1.165, 1.54) is 6.42 Å². The number of hydrogen-bond donors (Lipinski definition) is 1. The molecule has 8 nitrogen and oxygen atoms in total. The van der Waals surface area contributed by atoms with E-state index in [-0.39, 0.29) is 5.91 Å². The number of nitrogens with zero attached hydrogens (tertiary/aromatic N) is 6. The summed E-state index contributed by atoms with van der Waals surface area (Å²) in [6.45, 7) is 4.02. The minimum absolute atomic E-state index is 0.00140. The molecule has 3 rings (SSSR count). The van der Waals surface area contributed by atoms with Gasteiger partial charge in [0.1, 0.15) is 18.5 Å². The van der Waals surface area contributed by atoms with Gasteiger partial charge in [-0.25, -0.2) is 4.98 Å². The second-order valence-electron chi connectivity index (χ2n) is 6.08. The number of likely N-dealkylation sites (tertiary alicyclic amines) is 1. The van der Waals surface area contributed by atoms with Gasteiger partial charge in [-0.1, -0.05) is 6.42 Å². The second-order valence-corrected chi connectivity index (χ2v) is 6.08. The first-order chi connectivity index (χ1) is 11.1. The fraction of sp³-hybridized carbons (Fsp3) is 0.600. The molecule has 0 radical (unpaired) electrons. The smallest absolute Gasteiger partial charge is 0.239 e. The molecule has 2 aromatic rings. The van der Waals surface area contributed by atoms with Crippen LogP contribution in [0.4, 0.5) is 5.82 Å². The Morgan fingerprint density at radius 3 is 3.00 bits per heavy atom. The second kappa shape index (κ2) is 6.91. The number of carbonyl (C=O) groups is 1. The fourth-order valence-electron chi connectivity index (χ4n) is 3.11. The summed E-state index contributed by atoms with van der Waals surface area (Å²) in [4.78, 5) is 18.6. The predicted octanol–water partition coefficient (Wildman–Crippen LogP) is 0.813. The van der Waals surface area contributed by atoms with Crippen LogP contribution in [0.3, 0.4) is 0 Å². The number of aromatic nitrogens is 5. The quantitative estimate of drug-likeness (QED) is 0.883. The number of carbonyl (C=O) groups excluding carboxylic acids is 1. The van der Waals surface area contributed by atoms with Crippen molar-refractivity contribution in [2.24, 2.45) is 7.05 Å². The summed E-state index contributed by atoms with van der Waals surface area (Å²) < 4.78 is 3.53. The third-order valence-electron chi connectivity index (χ3n) is 4.23. The lowest BCUT2D eigenvalue weighted by Gasteiger charge is -2.34. The molecule has 124 valence electrons. The molecule has 1 saturated heterocycles. The number of anilines is 1. The Kier molecular flexibility index (Phi) is 4.71. The number of nitrogens with one attached hydrogen (secondary N) is 1. The van der Waals surface area contributed by atoms with Gasteiger partial charge in [0.25, 0.3) is 0 Å². The van der Waals surface area contributed by atoms with Crippen LogP contribution in [0.1, 0.15) is 25.0 Å². The fourth-order valence-corrected chi connectivity index (χ4v) is 3.11. The minimum Gasteiger partial charge on any atom is -0.310 e. The van der Waals surface area contributed by atoms with Gasteiger partial charge in [0.05, 0.1) is 18.8 Å². The van der Waals surface area contributed by atoms with Crippen molar-refractivity contribution in [3.8, 4) is 0 Å². The number of piperidine rings is 1. The summed E-state index contributed by atoms with van der Waals surface area (Å²) >= 11 is 0. The molecular formula is C15H23N7O. The molecule has 0 aromatic carbocycles. The maximum atomic E-state index is 12.4. The van der Waals surface area contributed by atoms with Crippen molar-refractivity contribution < 1.29 is 4.79 Å². The zero-order valence-corrected chi connectivity index (χ0v) is 13.6. The van der Waals surface area contributed by atoms with Gasteiger partial charge in [0.15, 0.2) is 0 Å². The minimum atomic E-state index is -0.00140. The van der Waals surface area contributed by atoms with Crippen LogP contribution in [-0.2, 0) is 18.4 Å². The molecule has 0 spiro atoms. The van der Waals surface area contributed by atoms with Gasteiger partial charge in [-0.3, -0.25) is 19.1 Å². The Bertz CT molecular complexity index is 649. The maximum Gasteiger partial charge on any atom is 0.239 e. The highest BCUT2D eigenvalue weighted by atomic mass is 16.2. The van der Waals surface area contributed by atoms with Crippen molar-refractivity contribution in [1.29, 1.82) is 0 Å². The van der Waals surface area contributed by atoms with E-state index in [9.17, 15) is 4.79 Å². The zero-order chi connectivity index (χ0) is 16.2. The Balaban J connectivity index is 1.59. The molecule has 0 unspecified atom stereocenters. The van der Waals surface area contributed by atoms with Gasteiger partial charge >= 0.3 is 0 Å². The first-order valence-corrected chi connectivity index (χ1v) is 7.99. The molecule has 3 heterocycles. The summed E-state index contributed by atoms with van der Waals surface area (Å²) in [5.41, 5.74) is 0.893. The third kappa shape index (κ3) is 3.95. The Labute approximate surface area is 135 Å². The molecule has 0 bridgehead atoms. The summed E-state index contributed by atoms with van der Waals surface area (Å²) in [6.07, 6.45) is 6.68. The molecule has 1 aliphatic rings. The zero-order valence-electron chi connectivity index (χ0n) is 13.6. The molecule has 1 fully saturated rings. The van der Waals surface area contributed by atoms with Crippen LogP contribution in [0.5, 0.6) is 0 Å². The van der Waals surface area contributed by atoms with Crippen molar-refractivity contribution in [2.45, 2.75) is 38.8 Å². The standard InChI is InChI=1S/C15H23N7O/c1-12-7-14(20(2)19-12)18-15(23)9-21-6-4-3-5-13(21)8-22-11-16-10-17-22/h7,10-11,13H,3-6,8-9H2,1-2H3,(H,18,23)/t13-/m0/s1. The number of amides is 1. The van der Waals surface area contributed by atoms with E-state index in [1.807, 2.05) is 24.7 Å². The van der Waals surface area contributed by atoms with Gasteiger partial charge in [-0.05, 0) is 26.3 Å². The molecule has 1 amide bonds. The molecule has 1 aliphatic heterocycles. The van der Waals surface area contributed by atoms with Crippen LogP contribution in [0.25, 0.3) is 0 Å². The largest absolute Gasteiger partial charge is 0.310 e. The van der Waals surface area contributed by atoms with Gasteiger partial charge < -0.3 is 5.32 Å². The van der Waals surface area contributed by atoms with Crippen molar-refractivity contribution in [3.05, 3.63) is 24.4 Å². The first-order valence-electron chi connectivity index (χ1n) is 7.99. The van der Waals surface area contributed by atoms with Crippen molar-refractivity contribution >= 4 is 11.7 Å². The third-order valence-corrected chi connectivity index (χ3v) is 4.23. The molecule has 0 saturated carbocycles. The molecule has 23 heavy (non-hydrogen) atoms. The normalized spacial score (nSPS) is 19.0. The van der Waals surface area contributed by atoms with Crippen LogP contribution in [0.15, 0.2) is 18.7 Å². The Hall–Kier alpha value is -2.22. The van der Waals surface area contributed by atoms with Crippen LogP contribution in [-0.4, -0.2) is 54.5 Å². The van der Waals surface area contributed by atoms with E-state index in [1.54, 1.807) is 17.3 Å². The summed E-state index contributed by atoms with van der Waals surface area (Å²) in [7, 11) is 1.83. The lowest BCUT2D eigenvalue weighted by atomic mass is 10.0. The molecule has 1 N–H and O–H groups in total. The van der Waals surface area contributed by atoms with Crippen LogP contribution >= 0.6 is 0 Å². The Morgan fingerprint density at radius 2 is 2.30 bits per heavy atom. The SMILES string of the molecule is Cc1cc(NC(=O)CN2CCCC[C@H]2Cn2cncn2)n(C)n1.